The molecule has 2 aromatic rings. The van der Waals surface area contributed by atoms with Crippen LogP contribution in [0.2, 0.25) is 0 Å². The van der Waals surface area contributed by atoms with Crippen LogP contribution in [-0.4, -0.2) is 23.3 Å². The molecule has 2 aromatic carbocycles. The zero-order chi connectivity index (χ0) is 18.8. The van der Waals surface area contributed by atoms with Gasteiger partial charge in [-0.3, -0.25) is 14.5 Å². The molecule has 0 aromatic heterocycles. The van der Waals surface area contributed by atoms with Crippen LogP contribution in [0.15, 0.2) is 55.1 Å². The molecule has 0 bridgehead atoms. The largest absolute Gasteiger partial charge is 0.347 e. The summed E-state index contributed by atoms with van der Waals surface area (Å²) in [4.78, 5) is 26.5. The summed E-state index contributed by atoms with van der Waals surface area (Å²) in [5.74, 6) is -0.711. The molecule has 0 fully saturated rings. The van der Waals surface area contributed by atoms with Crippen LogP contribution in [0.3, 0.4) is 0 Å². The van der Waals surface area contributed by atoms with Crippen molar-refractivity contribution in [3.63, 3.8) is 0 Å². The van der Waals surface area contributed by atoms with E-state index in [2.05, 4.69) is 11.9 Å². The minimum atomic E-state index is -0.320. The number of nitrogens with one attached hydrogen (secondary N) is 1. The molecule has 0 spiro atoms. The minimum Gasteiger partial charge on any atom is -0.347 e. The molecule has 0 saturated carbocycles. The maximum Gasteiger partial charge on any atom is 0.259 e. The maximum absolute atomic E-state index is 13.2. The second-order valence-electron chi connectivity index (χ2n) is 6.72. The van der Waals surface area contributed by atoms with Crippen molar-refractivity contribution in [2.24, 2.45) is 5.92 Å². The van der Waals surface area contributed by atoms with E-state index in [1.807, 2.05) is 26.0 Å². The summed E-state index contributed by atoms with van der Waals surface area (Å²) in [5.41, 5.74) is 2.67. The van der Waals surface area contributed by atoms with Gasteiger partial charge in [0.1, 0.15) is 12.4 Å². The summed E-state index contributed by atoms with van der Waals surface area (Å²) >= 11 is 0. The van der Waals surface area contributed by atoms with Gasteiger partial charge >= 0.3 is 0 Å². The van der Waals surface area contributed by atoms with Gasteiger partial charge in [-0.05, 0) is 29.7 Å². The van der Waals surface area contributed by atoms with Gasteiger partial charge in [0.15, 0.2) is 0 Å². The van der Waals surface area contributed by atoms with Gasteiger partial charge in [-0.2, -0.15) is 0 Å². The Hall–Kier alpha value is -2.95. The van der Waals surface area contributed by atoms with Crippen LogP contribution in [0, 0.1) is 11.7 Å². The van der Waals surface area contributed by atoms with E-state index < -0.39 is 0 Å². The van der Waals surface area contributed by atoms with E-state index in [9.17, 15) is 14.0 Å². The molecule has 1 unspecified atom stereocenters. The van der Waals surface area contributed by atoms with Crippen molar-refractivity contribution < 1.29 is 14.0 Å². The maximum atomic E-state index is 13.2. The molecular weight excluding hydrogens is 331 g/mol. The van der Waals surface area contributed by atoms with Gasteiger partial charge in [-0.15, -0.1) is 0 Å². The summed E-state index contributed by atoms with van der Waals surface area (Å²) in [7, 11) is 0. The number of hydrogen-bond donors (Lipinski definition) is 1. The van der Waals surface area contributed by atoms with Crippen LogP contribution < -0.4 is 5.32 Å². The number of nitrogens with zero attached hydrogens (tertiary/aromatic N) is 1. The first-order chi connectivity index (χ1) is 12.4. The number of hydrogen-bond acceptors (Lipinski definition) is 2. The predicted octanol–water partition coefficient (Wildman–Crippen LogP) is 3.77. The Labute approximate surface area is 152 Å². The van der Waals surface area contributed by atoms with Gasteiger partial charge < -0.3 is 5.32 Å². The summed E-state index contributed by atoms with van der Waals surface area (Å²) in [5, 5.41) is 2.95. The first kappa shape index (κ1) is 17.9. The number of carbonyl (C=O) groups is 2. The molecule has 1 N–H and O–H groups in total. The monoisotopic (exact) mass is 352 g/mol. The Morgan fingerprint density at radius 2 is 1.73 bits per heavy atom. The molecule has 0 radical (unpaired) electrons. The van der Waals surface area contributed by atoms with Crippen LogP contribution >= 0.6 is 0 Å². The summed E-state index contributed by atoms with van der Waals surface area (Å²) in [6.07, 6.45) is 0. The molecule has 4 nitrogen and oxygen atoms in total. The highest BCUT2D eigenvalue weighted by atomic mass is 19.1. The molecule has 0 saturated heterocycles. The molecule has 3 rings (SSSR count). The van der Waals surface area contributed by atoms with E-state index in [0.29, 0.717) is 11.3 Å². The van der Waals surface area contributed by atoms with Crippen molar-refractivity contribution in [3.05, 3.63) is 77.6 Å². The topological polar surface area (TPSA) is 49.4 Å². The molecule has 5 heteroatoms. The first-order valence-corrected chi connectivity index (χ1v) is 8.53. The number of carbonyl (C=O) groups excluding carboxylic acids is 2. The smallest absolute Gasteiger partial charge is 0.259 e. The number of halogens is 1. The minimum absolute atomic E-state index is 0.100. The highest BCUT2D eigenvalue weighted by Gasteiger charge is 2.32. The summed E-state index contributed by atoms with van der Waals surface area (Å²) in [6.45, 7) is 7.80. The lowest BCUT2D eigenvalue weighted by Gasteiger charge is -2.25. The molecule has 1 aliphatic heterocycles. The Morgan fingerprint density at radius 1 is 1.12 bits per heavy atom. The van der Waals surface area contributed by atoms with E-state index >= 15 is 0 Å². The SMILES string of the molecule is C=C1c2ccccc2C(=O)N1CC(=O)NC(c1ccc(F)cc1)C(C)C. The van der Waals surface area contributed by atoms with Crippen LogP contribution in [0.4, 0.5) is 4.39 Å². The van der Waals surface area contributed by atoms with Gasteiger partial charge in [0, 0.05) is 16.8 Å². The van der Waals surface area contributed by atoms with Crippen molar-refractivity contribution >= 4 is 17.5 Å². The molecule has 1 aliphatic rings. The zero-order valence-corrected chi connectivity index (χ0v) is 14.8. The van der Waals surface area contributed by atoms with E-state index in [0.717, 1.165) is 11.1 Å². The fourth-order valence-electron chi connectivity index (χ4n) is 3.17. The number of fused-ring (bicyclic) bond motifs is 1. The Bertz CT molecular complexity index is 824. The molecule has 0 aliphatic carbocycles. The highest BCUT2D eigenvalue weighted by Crippen LogP contribution is 2.31. The van der Waals surface area contributed by atoms with Gasteiger partial charge in [-0.25, -0.2) is 4.39 Å². The Kier molecular flexibility index (Phi) is 4.89. The molecular formula is C21H21FN2O2. The number of rotatable bonds is 5. The average Bonchev–Trinajstić information content (AvgIpc) is 2.86. The van der Waals surface area contributed by atoms with Crippen molar-refractivity contribution in [2.45, 2.75) is 19.9 Å². The third kappa shape index (κ3) is 3.38. The molecule has 1 atom stereocenters. The zero-order valence-electron chi connectivity index (χ0n) is 14.8. The quantitative estimate of drug-likeness (QED) is 0.891. The fourth-order valence-corrected chi connectivity index (χ4v) is 3.17. The molecule has 26 heavy (non-hydrogen) atoms. The standard InChI is InChI=1S/C21H21FN2O2/c1-13(2)20(15-8-10-16(22)11-9-15)23-19(25)12-24-14(3)17-6-4-5-7-18(17)21(24)26/h4-11,13,20H,3,12H2,1-2H3,(H,23,25). The third-order valence-electron chi connectivity index (χ3n) is 4.55. The van der Waals surface area contributed by atoms with E-state index in [1.165, 1.54) is 17.0 Å². The van der Waals surface area contributed by atoms with Crippen LogP contribution in [0.1, 0.15) is 41.4 Å². The van der Waals surface area contributed by atoms with Gasteiger partial charge in [0.05, 0.1) is 6.04 Å². The molecule has 134 valence electrons. The van der Waals surface area contributed by atoms with E-state index in [4.69, 9.17) is 0 Å². The van der Waals surface area contributed by atoms with E-state index in [1.54, 1.807) is 24.3 Å². The number of benzene rings is 2. The lowest BCUT2D eigenvalue weighted by Crippen LogP contribution is -2.40. The second kappa shape index (κ2) is 7.12. The number of amides is 2. The fraction of sp³-hybridized carbons (Fsp3) is 0.238. The van der Waals surface area contributed by atoms with Crippen molar-refractivity contribution in [3.8, 4) is 0 Å². The summed E-state index contributed by atoms with van der Waals surface area (Å²) in [6, 6.07) is 13.0. The Morgan fingerprint density at radius 3 is 2.31 bits per heavy atom. The normalized spacial score (nSPS) is 14.5. The van der Waals surface area contributed by atoms with Crippen LogP contribution in [0.25, 0.3) is 5.70 Å². The van der Waals surface area contributed by atoms with Crippen LogP contribution in [0.5, 0.6) is 0 Å². The predicted molar refractivity (Wildman–Crippen MR) is 98.6 cm³/mol. The van der Waals surface area contributed by atoms with Gasteiger partial charge in [0.2, 0.25) is 5.91 Å². The lowest BCUT2D eigenvalue weighted by atomic mass is 9.96. The highest BCUT2D eigenvalue weighted by molar-refractivity contribution is 6.10. The Balaban J connectivity index is 1.73. The van der Waals surface area contributed by atoms with Gasteiger partial charge in [0.25, 0.3) is 5.91 Å². The van der Waals surface area contributed by atoms with E-state index in [-0.39, 0.29) is 36.1 Å². The molecule has 1 heterocycles. The first-order valence-electron chi connectivity index (χ1n) is 8.53. The van der Waals surface area contributed by atoms with Crippen LogP contribution in [-0.2, 0) is 4.79 Å². The summed E-state index contributed by atoms with van der Waals surface area (Å²) < 4.78 is 13.2. The van der Waals surface area contributed by atoms with Crippen molar-refractivity contribution in [1.29, 1.82) is 0 Å². The lowest BCUT2D eigenvalue weighted by molar-refractivity contribution is -0.122. The third-order valence-corrected chi connectivity index (χ3v) is 4.55. The van der Waals surface area contributed by atoms with Crippen molar-refractivity contribution in [1.82, 2.24) is 10.2 Å². The second-order valence-corrected chi connectivity index (χ2v) is 6.72. The average molecular weight is 352 g/mol. The molecule has 2 amide bonds. The van der Waals surface area contributed by atoms with Crippen molar-refractivity contribution in [2.75, 3.05) is 6.54 Å². The van der Waals surface area contributed by atoms with Gasteiger partial charge in [-0.1, -0.05) is 50.8 Å².